The molecule has 0 aliphatic carbocycles. The van der Waals surface area contributed by atoms with Crippen molar-refractivity contribution in [3.63, 3.8) is 0 Å². The molecule has 3 N–H and O–H groups in total. The Morgan fingerprint density at radius 3 is 2.78 bits per heavy atom. The van der Waals surface area contributed by atoms with Crippen LogP contribution in [-0.2, 0) is 9.53 Å². The van der Waals surface area contributed by atoms with Gasteiger partial charge >= 0.3 is 0 Å². The highest BCUT2D eigenvalue weighted by atomic mass is 16.6. The SMILES string of the molecule is COC(CN)C(=O)Nc1ccc(C)c([N+](=O)[O-])c1. The van der Waals surface area contributed by atoms with E-state index < -0.39 is 16.9 Å². The van der Waals surface area contributed by atoms with Crippen molar-refractivity contribution >= 4 is 17.3 Å². The number of ether oxygens (including phenoxy) is 1. The predicted octanol–water partition coefficient (Wildman–Crippen LogP) is 0.815. The minimum atomic E-state index is -0.773. The number of nitrogens with one attached hydrogen (secondary N) is 1. The highest BCUT2D eigenvalue weighted by Gasteiger charge is 2.17. The molecule has 1 atom stereocenters. The Morgan fingerprint density at radius 1 is 1.61 bits per heavy atom. The molecule has 0 aromatic heterocycles. The minimum absolute atomic E-state index is 0.0380. The van der Waals surface area contributed by atoms with Crippen LogP contribution in [0.2, 0.25) is 0 Å². The number of nitrogens with two attached hydrogens (primary N) is 1. The van der Waals surface area contributed by atoms with E-state index in [0.717, 1.165) is 0 Å². The summed E-state index contributed by atoms with van der Waals surface area (Å²) in [7, 11) is 1.37. The van der Waals surface area contributed by atoms with Crippen LogP contribution in [0.1, 0.15) is 5.56 Å². The first kappa shape index (κ1) is 14.1. The molecule has 0 heterocycles. The van der Waals surface area contributed by atoms with Crippen LogP contribution in [0.25, 0.3) is 0 Å². The number of hydrogen-bond acceptors (Lipinski definition) is 5. The second kappa shape index (κ2) is 6.08. The predicted molar refractivity (Wildman–Crippen MR) is 66.3 cm³/mol. The van der Waals surface area contributed by atoms with Gasteiger partial charge in [-0.1, -0.05) is 6.07 Å². The third-order valence-corrected chi connectivity index (χ3v) is 2.46. The van der Waals surface area contributed by atoms with Crippen LogP contribution in [0.5, 0.6) is 0 Å². The van der Waals surface area contributed by atoms with Gasteiger partial charge in [0, 0.05) is 31.0 Å². The third kappa shape index (κ3) is 3.25. The first-order valence-electron chi connectivity index (χ1n) is 5.28. The molecule has 0 aliphatic heterocycles. The lowest BCUT2D eigenvalue weighted by Gasteiger charge is -2.13. The summed E-state index contributed by atoms with van der Waals surface area (Å²) in [5.74, 6) is -0.432. The number of methoxy groups -OCH3 is 1. The largest absolute Gasteiger partial charge is 0.370 e. The highest BCUT2D eigenvalue weighted by molar-refractivity contribution is 5.94. The fourth-order valence-corrected chi connectivity index (χ4v) is 1.42. The van der Waals surface area contributed by atoms with Crippen molar-refractivity contribution in [2.45, 2.75) is 13.0 Å². The Kier molecular flexibility index (Phi) is 4.75. The molecule has 1 aromatic rings. The number of nitro groups is 1. The minimum Gasteiger partial charge on any atom is -0.370 e. The molecule has 1 rings (SSSR count). The number of amides is 1. The lowest BCUT2D eigenvalue weighted by molar-refractivity contribution is -0.385. The standard InChI is InChI=1S/C11H15N3O4/c1-7-3-4-8(5-9(7)14(16)17)13-11(15)10(6-12)18-2/h3-5,10H,6,12H2,1-2H3,(H,13,15). The summed E-state index contributed by atoms with van der Waals surface area (Å²) in [6.45, 7) is 1.66. The number of anilines is 1. The number of hydrogen-bond donors (Lipinski definition) is 2. The molecule has 7 heteroatoms. The molecular formula is C11H15N3O4. The van der Waals surface area contributed by atoms with Crippen molar-refractivity contribution < 1.29 is 14.5 Å². The van der Waals surface area contributed by atoms with Gasteiger partial charge in [-0.05, 0) is 13.0 Å². The van der Waals surface area contributed by atoms with Crippen LogP contribution >= 0.6 is 0 Å². The second-order valence-corrected chi connectivity index (χ2v) is 3.71. The molecule has 0 spiro atoms. The van der Waals surface area contributed by atoms with Crippen LogP contribution in [0.15, 0.2) is 18.2 Å². The van der Waals surface area contributed by atoms with Gasteiger partial charge in [0.15, 0.2) is 0 Å². The second-order valence-electron chi connectivity index (χ2n) is 3.71. The molecule has 7 nitrogen and oxygen atoms in total. The number of aryl methyl sites for hydroxylation is 1. The third-order valence-electron chi connectivity index (χ3n) is 2.46. The Balaban J connectivity index is 2.89. The van der Waals surface area contributed by atoms with E-state index >= 15 is 0 Å². The summed E-state index contributed by atoms with van der Waals surface area (Å²) in [5.41, 5.74) is 6.17. The van der Waals surface area contributed by atoms with Gasteiger partial charge in [0.05, 0.1) is 4.92 Å². The van der Waals surface area contributed by atoms with Crippen molar-refractivity contribution in [3.8, 4) is 0 Å². The van der Waals surface area contributed by atoms with Crippen molar-refractivity contribution in [2.75, 3.05) is 19.0 Å². The Hall–Kier alpha value is -1.99. The molecule has 0 aliphatic rings. The number of carbonyl (C=O) groups excluding carboxylic acids is 1. The number of rotatable bonds is 5. The van der Waals surface area contributed by atoms with Crippen molar-refractivity contribution in [2.24, 2.45) is 5.73 Å². The number of nitro benzene ring substituents is 1. The van der Waals surface area contributed by atoms with Gasteiger partial charge in [0.25, 0.3) is 11.6 Å². The van der Waals surface area contributed by atoms with E-state index in [2.05, 4.69) is 5.32 Å². The van der Waals surface area contributed by atoms with Gasteiger partial charge in [-0.3, -0.25) is 14.9 Å². The van der Waals surface area contributed by atoms with Gasteiger partial charge < -0.3 is 15.8 Å². The van der Waals surface area contributed by atoms with E-state index in [1.54, 1.807) is 19.1 Å². The van der Waals surface area contributed by atoms with Crippen molar-refractivity contribution in [1.82, 2.24) is 0 Å². The first-order chi connectivity index (χ1) is 8.49. The molecule has 0 fully saturated rings. The van der Waals surface area contributed by atoms with Crippen LogP contribution < -0.4 is 11.1 Å². The smallest absolute Gasteiger partial charge is 0.274 e. The molecule has 98 valence electrons. The Labute approximate surface area is 104 Å². The van der Waals surface area contributed by atoms with E-state index in [4.69, 9.17) is 10.5 Å². The molecular weight excluding hydrogens is 238 g/mol. The van der Waals surface area contributed by atoms with E-state index in [1.165, 1.54) is 13.2 Å². The van der Waals surface area contributed by atoms with Gasteiger partial charge in [0.2, 0.25) is 0 Å². The van der Waals surface area contributed by atoms with Gasteiger partial charge in [-0.15, -0.1) is 0 Å². The molecule has 0 saturated carbocycles. The van der Waals surface area contributed by atoms with E-state index in [9.17, 15) is 14.9 Å². The lowest BCUT2D eigenvalue weighted by atomic mass is 10.2. The molecule has 0 bridgehead atoms. The van der Waals surface area contributed by atoms with Crippen molar-refractivity contribution in [1.29, 1.82) is 0 Å². The fraction of sp³-hybridized carbons (Fsp3) is 0.364. The Morgan fingerprint density at radius 2 is 2.28 bits per heavy atom. The number of nitrogens with zero attached hydrogens (tertiary/aromatic N) is 1. The summed E-state index contributed by atoms with van der Waals surface area (Å²) in [6, 6.07) is 4.46. The summed E-state index contributed by atoms with van der Waals surface area (Å²) in [4.78, 5) is 21.9. The lowest BCUT2D eigenvalue weighted by Crippen LogP contribution is -2.35. The van der Waals surface area contributed by atoms with Gasteiger partial charge in [-0.25, -0.2) is 0 Å². The fourth-order valence-electron chi connectivity index (χ4n) is 1.42. The average molecular weight is 253 g/mol. The van der Waals surface area contributed by atoms with Gasteiger partial charge in [0.1, 0.15) is 6.10 Å². The van der Waals surface area contributed by atoms with E-state index in [-0.39, 0.29) is 12.2 Å². The quantitative estimate of drug-likeness (QED) is 0.596. The van der Waals surface area contributed by atoms with Crippen LogP contribution in [0.3, 0.4) is 0 Å². The molecule has 0 radical (unpaired) electrons. The highest BCUT2D eigenvalue weighted by Crippen LogP contribution is 2.22. The topological polar surface area (TPSA) is 107 Å². The monoisotopic (exact) mass is 253 g/mol. The van der Waals surface area contributed by atoms with Gasteiger partial charge in [-0.2, -0.15) is 0 Å². The zero-order valence-corrected chi connectivity index (χ0v) is 10.2. The summed E-state index contributed by atoms with van der Waals surface area (Å²) >= 11 is 0. The summed E-state index contributed by atoms with van der Waals surface area (Å²) in [6.07, 6.45) is -0.773. The van der Waals surface area contributed by atoms with Crippen LogP contribution in [0.4, 0.5) is 11.4 Å². The normalized spacial score (nSPS) is 11.9. The van der Waals surface area contributed by atoms with Crippen LogP contribution in [0, 0.1) is 17.0 Å². The summed E-state index contributed by atoms with van der Waals surface area (Å²) in [5, 5.41) is 13.3. The van der Waals surface area contributed by atoms with Crippen molar-refractivity contribution in [3.05, 3.63) is 33.9 Å². The Bertz CT molecular complexity index is 458. The zero-order valence-electron chi connectivity index (χ0n) is 10.2. The maximum Gasteiger partial charge on any atom is 0.274 e. The number of benzene rings is 1. The molecule has 1 aromatic carbocycles. The number of carbonyl (C=O) groups is 1. The van der Waals surface area contributed by atoms with E-state index in [1.807, 2.05) is 0 Å². The molecule has 0 saturated heterocycles. The van der Waals surface area contributed by atoms with E-state index in [0.29, 0.717) is 11.3 Å². The summed E-state index contributed by atoms with van der Waals surface area (Å²) < 4.78 is 4.86. The average Bonchev–Trinajstić information content (AvgIpc) is 2.32. The maximum atomic E-state index is 11.7. The van der Waals surface area contributed by atoms with Crippen LogP contribution in [-0.4, -0.2) is 30.6 Å². The first-order valence-corrected chi connectivity index (χ1v) is 5.28. The maximum absolute atomic E-state index is 11.7. The molecule has 1 unspecified atom stereocenters. The molecule has 1 amide bonds. The molecule has 18 heavy (non-hydrogen) atoms. The zero-order chi connectivity index (χ0) is 13.7.